The molecule has 0 aromatic heterocycles. The summed E-state index contributed by atoms with van der Waals surface area (Å²) in [6.45, 7) is 9.25. The van der Waals surface area contributed by atoms with Crippen molar-refractivity contribution in [3.8, 4) is 0 Å². The summed E-state index contributed by atoms with van der Waals surface area (Å²) >= 11 is 0. The van der Waals surface area contributed by atoms with Crippen molar-refractivity contribution in [1.29, 1.82) is 0 Å². The van der Waals surface area contributed by atoms with E-state index in [-0.39, 0.29) is 16.5 Å². The molecule has 0 spiro atoms. The molecule has 0 unspecified atom stereocenters. The SMILES string of the molecule is CCCCCCCCCCCC/C=C/CCCc1ccccc1N=C(CCCCCCCC)C(CCCCCCCCCCC)=Nc1ccccc1CCC/C=C/CCCCCCCCCCCC.[Ni]. The van der Waals surface area contributed by atoms with E-state index in [1.807, 2.05) is 0 Å². The Hall–Kier alpha value is -2.25. The van der Waals surface area contributed by atoms with Crippen LogP contribution in [0.15, 0.2) is 82.8 Å². The number of aliphatic imine (C=N–C) groups is 2. The number of unbranched alkanes of at least 4 members (excludes halogenated alkanes) is 35. The van der Waals surface area contributed by atoms with Gasteiger partial charge in [0.05, 0.1) is 22.8 Å². The van der Waals surface area contributed by atoms with Gasteiger partial charge >= 0.3 is 0 Å². The third-order valence-electron chi connectivity index (χ3n) is 14.5. The Morgan fingerprint density at radius 3 is 0.843 bits per heavy atom. The summed E-state index contributed by atoms with van der Waals surface area (Å²) in [5.41, 5.74) is 7.63. The molecular formula is C67H114N2Ni. The molecule has 0 aliphatic rings. The van der Waals surface area contributed by atoms with Crippen molar-refractivity contribution in [2.75, 3.05) is 0 Å². The third-order valence-corrected chi connectivity index (χ3v) is 14.5. The van der Waals surface area contributed by atoms with Gasteiger partial charge in [-0.1, -0.05) is 287 Å². The molecule has 70 heavy (non-hydrogen) atoms. The zero-order valence-electron chi connectivity index (χ0n) is 47.0. The van der Waals surface area contributed by atoms with Gasteiger partial charge in [-0.15, -0.1) is 0 Å². The minimum atomic E-state index is 0. The summed E-state index contributed by atoms with van der Waals surface area (Å²) in [4.78, 5) is 11.3. The van der Waals surface area contributed by atoms with Crippen molar-refractivity contribution in [2.24, 2.45) is 9.98 Å². The Balaban J connectivity index is 0.0000245. The Kier molecular flexibility index (Phi) is 48.5. The summed E-state index contributed by atoms with van der Waals surface area (Å²) in [5.74, 6) is 0. The number of hydrogen-bond acceptors (Lipinski definition) is 2. The monoisotopic (exact) mass is 1000 g/mol. The van der Waals surface area contributed by atoms with Crippen LogP contribution in [0.3, 0.4) is 0 Å². The fraction of sp³-hybridized carbons (Fsp3) is 0.731. The van der Waals surface area contributed by atoms with Crippen molar-refractivity contribution in [1.82, 2.24) is 0 Å². The second-order valence-electron chi connectivity index (χ2n) is 21.1. The summed E-state index contributed by atoms with van der Waals surface area (Å²) < 4.78 is 0. The molecule has 2 aromatic carbocycles. The van der Waals surface area contributed by atoms with Crippen molar-refractivity contribution in [3.05, 3.63) is 84.0 Å². The fourth-order valence-corrected chi connectivity index (χ4v) is 9.95. The average Bonchev–Trinajstić information content (AvgIpc) is 3.37. The molecule has 0 heterocycles. The normalized spacial score (nSPS) is 12.2. The number of hydrogen-bond donors (Lipinski definition) is 0. The van der Waals surface area contributed by atoms with Gasteiger partial charge in [0.1, 0.15) is 0 Å². The van der Waals surface area contributed by atoms with Crippen molar-refractivity contribution in [3.63, 3.8) is 0 Å². The standard InChI is InChI=1S/C67H114N2.Ni/c1-5-9-13-17-21-24-26-28-30-32-34-37-39-42-46-54-62-56-50-52-58-64(62)68-66(60-48-44-20-16-12-8-4)67(61-49-45-41-36-23-19-15-11-7-3)69-65-59-53-51-57-63(65)55-47-43-40-38-35-33-31-29-27-25-22-18-14-10-6-2;/h37-40,50-53,56-59H,5-36,41-49,54-55,60-61H2,1-4H3;/b39-37+,40-38+,68-66?,69-67?;. The average molecular weight is 1010 g/mol. The van der Waals surface area contributed by atoms with E-state index < -0.39 is 0 Å². The zero-order valence-corrected chi connectivity index (χ0v) is 47.9. The predicted molar refractivity (Wildman–Crippen MR) is 314 cm³/mol. The molecule has 0 bridgehead atoms. The molecule has 0 aliphatic carbocycles. The Labute approximate surface area is 447 Å². The summed E-state index contributed by atoms with van der Waals surface area (Å²) in [5, 5.41) is 0. The molecule has 0 amide bonds. The van der Waals surface area contributed by atoms with Gasteiger partial charge in [-0.05, 0) is 113 Å². The number of para-hydroxylation sites is 2. The number of benzene rings is 2. The van der Waals surface area contributed by atoms with Crippen LogP contribution in [-0.4, -0.2) is 11.4 Å². The second kappa shape index (κ2) is 51.6. The maximum atomic E-state index is 5.67. The molecule has 0 saturated carbocycles. The Morgan fingerprint density at radius 1 is 0.300 bits per heavy atom. The molecule has 0 aliphatic heterocycles. The summed E-state index contributed by atoms with van der Waals surface area (Å²) in [7, 11) is 0. The van der Waals surface area contributed by atoms with Crippen molar-refractivity contribution < 1.29 is 16.5 Å². The van der Waals surface area contributed by atoms with E-state index in [0.717, 1.165) is 38.5 Å². The Morgan fingerprint density at radius 2 is 0.543 bits per heavy atom. The van der Waals surface area contributed by atoms with Crippen LogP contribution in [0.1, 0.15) is 315 Å². The van der Waals surface area contributed by atoms with E-state index in [2.05, 4.69) is 101 Å². The third kappa shape index (κ3) is 38.4. The molecule has 2 rings (SSSR count). The van der Waals surface area contributed by atoms with Gasteiger partial charge in [0.15, 0.2) is 0 Å². The molecule has 2 nitrogen and oxygen atoms in total. The first-order valence-corrected chi connectivity index (χ1v) is 30.8. The molecule has 2 aromatic rings. The zero-order chi connectivity index (χ0) is 49.2. The maximum Gasteiger partial charge on any atom is 0.0665 e. The van der Waals surface area contributed by atoms with Gasteiger partial charge < -0.3 is 0 Å². The molecule has 0 fully saturated rings. The first-order valence-electron chi connectivity index (χ1n) is 30.8. The largest absolute Gasteiger partial charge is 0.251 e. The van der Waals surface area contributed by atoms with E-state index >= 15 is 0 Å². The minimum Gasteiger partial charge on any atom is -0.251 e. The minimum absolute atomic E-state index is 0. The first-order chi connectivity index (χ1) is 34.2. The first kappa shape index (κ1) is 65.8. The van der Waals surface area contributed by atoms with Crippen LogP contribution in [-0.2, 0) is 29.3 Å². The number of aryl methyl sites for hydroxylation is 2. The topological polar surface area (TPSA) is 24.7 Å². The smallest absolute Gasteiger partial charge is 0.0665 e. The van der Waals surface area contributed by atoms with Gasteiger partial charge in [-0.3, -0.25) is 9.98 Å². The molecule has 0 N–H and O–H groups in total. The van der Waals surface area contributed by atoms with E-state index in [1.165, 1.54) is 284 Å². The van der Waals surface area contributed by atoms with Gasteiger partial charge in [0.25, 0.3) is 0 Å². The van der Waals surface area contributed by atoms with Crippen molar-refractivity contribution >= 4 is 22.8 Å². The van der Waals surface area contributed by atoms with Gasteiger partial charge in [-0.25, -0.2) is 0 Å². The number of nitrogens with zero attached hydrogens (tertiary/aromatic N) is 2. The number of allylic oxidation sites excluding steroid dienone is 4. The molecule has 0 atom stereocenters. The van der Waals surface area contributed by atoms with Crippen LogP contribution in [0, 0.1) is 0 Å². The Bertz CT molecular complexity index is 1530. The fourth-order valence-electron chi connectivity index (χ4n) is 9.95. The van der Waals surface area contributed by atoms with Crippen LogP contribution in [0.2, 0.25) is 0 Å². The van der Waals surface area contributed by atoms with E-state index in [9.17, 15) is 0 Å². The molecule has 3 heteroatoms. The van der Waals surface area contributed by atoms with Crippen LogP contribution in [0.25, 0.3) is 0 Å². The van der Waals surface area contributed by atoms with E-state index in [0.29, 0.717) is 0 Å². The summed E-state index contributed by atoms with van der Waals surface area (Å²) in [6.07, 6.45) is 69.2. The molecule has 402 valence electrons. The quantitative estimate of drug-likeness (QED) is 0.0273. The predicted octanol–water partition coefficient (Wildman–Crippen LogP) is 23.6. The van der Waals surface area contributed by atoms with Gasteiger partial charge in [0, 0.05) is 16.5 Å². The van der Waals surface area contributed by atoms with Crippen LogP contribution < -0.4 is 0 Å². The van der Waals surface area contributed by atoms with E-state index in [4.69, 9.17) is 9.98 Å². The van der Waals surface area contributed by atoms with Crippen LogP contribution >= 0.6 is 0 Å². The molecule has 0 radical (unpaired) electrons. The van der Waals surface area contributed by atoms with Gasteiger partial charge in [-0.2, -0.15) is 0 Å². The van der Waals surface area contributed by atoms with Crippen LogP contribution in [0.4, 0.5) is 11.4 Å². The molecular weight excluding hydrogens is 891 g/mol. The summed E-state index contributed by atoms with van der Waals surface area (Å²) in [6, 6.07) is 18.1. The maximum absolute atomic E-state index is 5.67. The van der Waals surface area contributed by atoms with E-state index in [1.54, 1.807) is 0 Å². The van der Waals surface area contributed by atoms with Gasteiger partial charge in [0.2, 0.25) is 0 Å². The molecule has 0 saturated heterocycles. The second-order valence-corrected chi connectivity index (χ2v) is 21.1. The van der Waals surface area contributed by atoms with Crippen LogP contribution in [0.5, 0.6) is 0 Å². The number of rotatable bonds is 50. The van der Waals surface area contributed by atoms with Crippen molar-refractivity contribution in [2.45, 2.75) is 317 Å².